The molecule has 0 spiro atoms. The number of nitrogens with two attached hydrogens (primary N) is 1. The number of rotatable bonds is 4. The molecule has 0 atom stereocenters. The van der Waals surface area contributed by atoms with Gasteiger partial charge in [-0.2, -0.15) is 0 Å². The first-order valence-corrected chi connectivity index (χ1v) is 7.22. The van der Waals surface area contributed by atoms with E-state index in [0.29, 0.717) is 6.54 Å². The zero-order chi connectivity index (χ0) is 13.0. The van der Waals surface area contributed by atoms with E-state index in [-0.39, 0.29) is 0 Å². The second-order valence-corrected chi connectivity index (χ2v) is 5.67. The van der Waals surface area contributed by atoms with Crippen molar-refractivity contribution in [3.05, 3.63) is 64.2 Å². The van der Waals surface area contributed by atoms with Crippen molar-refractivity contribution in [3.8, 4) is 0 Å². The summed E-state index contributed by atoms with van der Waals surface area (Å²) < 4.78 is 0. The van der Waals surface area contributed by atoms with Crippen LogP contribution in [0.5, 0.6) is 0 Å². The molecule has 0 aliphatic carbocycles. The van der Waals surface area contributed by atoms with Crippen LogP contribution in [0.3, 0.4) is 0 Å². The number of hydrogen-bond donors (Lipinski definition) is 1. The van der Waals surface area contributed by atoms with Gasteiger partial charge in [0.05, 0.1) is 0 Å². The van der Waals surface area contributed by atoms with E-state index in [0.717, 1.165) is 10.8 Å². The molecule has 0 unspecified atom stereocenters. The van der Waals surface area contributed by atoms with Gasteiger partial charge in [-0.3, -0.25) is 0 Å². The van der Waals surface area contributed by atoms with Crippen LogP contribution < -0.4 is 5.73 Å². The molecule has 0 bridgehead atoms. The fourth-order valence-electron chi connectivity index (χ4n) is 1.74. The van der Waals surface area contributed by atoms with Crippen LogP contribution in [0.2, 0.25) is 5.02 Å². The first-order valence-electron chi connectivity index (χ1n) is 5.86. The Balaban J connectivity index is 2.04. The summed E-state index contributed by atoms with van der Waals surface area (Å²) in [6, 6.07) is 14.4. The highest BCUT2D eigenvalue weighted by Gasteiger charge is 2.01. The lowest BCUT2D eigenvalue weighted by Gasteiger charge is -2.07. The predicted octanol–water partition coefficient (Wildman–Crippen LogP) is 4.40. The Morgan fingerprint density at radius 2 is 1.72 bits per heavy atom. The summed E-state index contributed by atoms with van der Waals surface area (Å²) >= 11 is 7.71. The van der Waals surface area contributed by atoms with Gasteiger partial charge in [-0.15, -0.1) is 11.8 Å². The van der Waals surface area contributed by atoms with E-state index in [1.54, 1.807) is 0 Å². The van der Waals surface area contributed by atoms with E-state index < -0.39 is 0 Å². The highest BCUT2D eigenvalue weighted by Crippen LogP contribution is 2.27. The summed E-state index contributed by atoms with van der Waals surface area (Å²) in [5.41, 5.74) is 9.39. The average molecular weight is 278 g/mol. The van der Waals surface area contributed by atoms with Crippen molar-refractivity contribution >= 4 is 23.4 Å². The van der Waals surface area contributed by atoms with Gasteiger partial charge < -0.3 is 5.73 Å². The summed E-state index contributed by atoms with van der Waals surface area (Å²) in [5.74, 6) is 0.958. The molecule has 0 fully saturated rings. The van der Waals surface area contributed by atoms with Crippen molar-refractivity contribution in [1.29, 1.82) is 0 Å². The molecular weight excluding hydrogens is 262 g/mol. The Labute approximate surface area is 117 Å². The molecule has 0 radical (unpaired) electrons. The molecule has 1 nitrogen and oxygen atoms in total. The van der Waals surface area contributed by atoms with E-state index in [9.17, 15) is 0 Å². The molecule has 2 N–H and O–H groups in total. The van der Waals surface area contributed by atoms with Crippen LogP contribution in [0.1, 0.15) is 16.7 Å². The topological polar surface area (TPSA) is 26.0 Å². The number of hydrogen-bond acceptors (Lipinski definition) is 2. The summed E-state index contributed by atoms with van der Waals surface area (Å²) in [6.45, 7) is 2.73. The molecule has 18 heavy (non-hydrogen) atoms. The third-order valence-electron chi connectivity index (χ3n) is 2.78. The fourth-order valence-corrected chi connectivity index (χ4v) is 2.83. The minimum atomic E-state index is 0.600. The second kappa shape index (κ2) is 6.28. The number of thioether (sulfide) groups is 1. The SMILES string of the molecule is Cc1cc(CN)ccc1SCc1ccc(Cl)cc1. The van der Waals surface area contributed by atoms with Gasteiger partial charge in [0.1, 0.15) is 0 Å². The summed E-state index contributed by atoms with van der Waals surface area (Å²) in [5, 5.41) is 0.784. The van der Waals surface area contributed by atoms with E-state index in [4.69, 9.17) is 17.3 Å². The molecule has 0 saturated carbocycles. The van der Waals surface area contributed by atoms with Gasteiger partial charge in [-0.05, 0) is 41.8 Å². The minimum Gasteiger partial charge on any atom is -0.326 e. The number of aryl methyl sites for hydroxylation is 1. The van der Waals surface area contributed by atoms with Gasteiger partial charge in [0, 0.05) is 22.2 Å². The third-order valence-corrected chi connectivity index (χ3v) is 4.28. The zero-order valence-corrected chi connectivity index (χ0v) is 11.9. The minimum absolute atomic E-state index is 0.600. The largest absolute Gasteiger partial charge is 0.326 e. The van der Waals surface area contributed by atoms with Crippen LogP contribution in [0.15, 0.2) is 47.4 Å². The second-order valence-electron chi connectivity index (χ2n) is 4.22. The zero-order valence-electron chi connectivity index (χ0n) is 10.3. The fraction of sp³-hybridized carbons (Fsp3) is 0.200. The van der Waals surface area contributed by atoms with Gasteiger partial charge in [0.15, 0.2) is 0 Å². The molecule has 0 saturated heterocycles. The Bertz CT molecular complexity index is 523. The maximum absolute atomic E-state index is 5.87. The van der Waals surface area contributed by atoms with Gasteiger partial charge in [-0.1, -0.05) is 35.9 Å². The first kappa shape index (κ1) is 13.5. The standard InChI is InChI=1S/C15H16ClNS/c1-11-8-13(9-17)4-7-15(11)18-10-12-2-5-14(16)6-3-12/h2-8H,9-10,17H2,1H3. The molecule has 2 aromatic rings. The molecule has 94 valence electrons. The number of halogens is 1. The number of benzene rings is 2. The van der Waals surface area contributed by atoms with Crippen LogP contribution in [-0.4, -0.2) is 0 Å². The Hall–Kier alpha value is -0.960. The van der Waals surface area contributed by atoms with Crippen molar-refractivity contribution in [2.75, 3.05) is 0 Å². The van der Waals surface area contributed by atoms with E-state index >= 15 is 0 Å². The highest BCUT2D eigenvalue weighted by molar-refractivity contribution is 7.98. The Kier molecular flexibility index (Phi) is 4.70. The van der Waals surface area contributed by atoms with Crippen LogP contribution in [0, 0.1) is 6.92 Å². The Morgan fingerprint density at radius 3 is 2.33 bits per heavy atom. The van der Waals surface area contributed by atoms with Gasteiger partial charge in [0.2, 0.25) is 0 Å². The van der Waals surface area contributed by atoms with Crippen molar-refractivity contribution in [2.45, 2.75) is 24.1 Å². The molecule has 3 heteroatoms. The monoisotopic (exact) mass is 277 g/mol. The molecule has 0 aliphatic rings. The summed E-state index contributed by atoms with van der Waals surface area (Å²) in [6.07, 6.45) is 0. The van der Waals surface area contributed by atoms with Crippen LogP contribution in [-0.2, 0) is 12.3 Å². The van der Waals surface area contributed by atoms with Crippen molar-refractivity contribution in [3.63, 3.8) is 0 Å². The molecule has 0 aromatic heterocycles. The smallest absolute Gasteiger partial charge is 0.0406 e. The van der Waals surface area contributed by atoms with E-state index in [1.165, 1.54) is 21.6 Å². The molecule has 0 aliphatic heterocycles. The lowest BCUT2D eigenvalue weighted by molar-refractivity contribution is 1.05. The van der Waals surface area contributed by atoms with E-state index in [1.807, 2.05) is 23.9 Å². The highest BCUT2D eigenvalue weighted by atomic mass is 35.5. The maximum atomic E-state index is 5.87. The van der Waals surface area contributed by atoms with Crippen molar-refractivity contribution in [2.24, 2.45) is 5.73 Å². The van der Waals surface area contributed by atoms with Crippen LogP contribution >= 0.6 is 23.4 Å². The van der Waals surface area contributed by atoms with Crippen LogP contribution in [0.4, 0.5) is 0 Å². The van der Waals surface area contributed by atoms with Gasteiger partial charge >= 0.3 is 0 Å². The molecule has 2 rings (SSSR count). The average Bonchev–Trinajstić information content (AvgIpc) is 2.39. The maximum Gasteiger partial charge on any atom is 0.0406 e. The molecule has 0 amide bonds. The predicted molar refractivity (Wildman–Crippen MR) is 80.1 cm³/mol. The van der Waals surface area contributed by atoms with Crippen molar-refractivity contribution in [1.82, 2.24) is 0 Å². The van der Waals surface area contributed by atoms with Gasteiger partial charge in [-0.25, -0.2) is 0 Å². The van der Waals surface area contributed by atoms with Crippen molar-refractivity contribution < 1.29 is 0 Å². The lowest BCUT2D eigenvalue weighted by Crippen LogP contribution is -1.96. The van der Waals surface area contributed by atoms with Gasteiger partial charge in [0.25, 0.3) is 0 Å². The molecule has 2 aromatic carbocycles. The summed E-state index contributed by atoms with van der Waals surface area (Å²) in [7, 11) is 0. The Morgan fingerprint density at radius 1 is 1.06 bits per heavy atom. The van der Waals surface area contributed by atoms with E-state index in [2.05, 4.69) is 37.3 Å². The third kappa shape index (κ3) is 3.52. The molecular formula is C15H16ClNS. The lowest BCUT2D eigenvalue weighted by atomic mass is 10.1. The first-order chi connectivity index (χ1) is 8.69. The summed E-state index contributed by atoms with van der Waals surface area (Å²) in [4.78, 5) is 1.31. The van der Waals surface area contributed by atoms with Crippen LogP contribution in [0.25, 0.3) is 0 Å². The normalized spacial score (nSPS) is 10.6. The molecule has 0 heterocycles. The quantitative estimate of drug-likeness (QED) is 0.839.